The van der Waals surface area contributed by atoms with Crippen LogP contribution in [0.4, 0.5) is 0 Å². The average Bonchev–Trinajstić information content (AvgIpc) is 3.22. The van der Waals surface area contributed by atoms with Gasteiger partial charge in [-0.3, -0.25) is 4.79 Å². The van der Waals surface area contributed by atoms with Gasteiger partial charge in [-0.2, -0.15) is 0 Å². The number of rotatable bonds is 6. The number of hydrogen-bond donors (Lipinski definition) is 1. The molecule has 1 aliphatic heterocycles. The summed E-state index contributed by atoms with van der Waals surface area (Å²) in [6, 6.07) is 0. The fraction of sp³-hybridized carbons (Fsp3) is 0.765. The van der Waals surface area contributed by atoms with Crippen molar-refractivity contribution in [3.63, 3.8) is 0 Å². The molecule has 1 atom stereocenters. The first-order chi connectivity index (χ1) is 11.0. The Morgan fingerprint density at radius 3 is 2.87 bits per heavy atom. The highest BCUT2D eigenvalue weighted by Gasteiger charge is 2.35. The van der Waals surface area contributed by atoms with E-state index in [0.717, 1.165) is 55.8 Å². The maximum Gasteiger partial charge on any atom is 0.225 e. The second-order valence-corrected chi connectivity index (χ2v) is 7.84. The van der Waals surface area contributed by atoms with E-state index >= 15 is 0 Å². The van der Waals surface area contributed by atoms with Crippen LogP contribution in [0.3, 0.4) is 0 Å². The number of carbonyl (C=O) groups excluding carboxylic acids is 1. The molecule has 0 radical (unpaired) electrons. The first kappa shape index (κ1) is 16.9. The fourth-order valence-corrected chi connectivity index (χ4v) is 4.32. The lowest BCUT2D eigenvalue weighted by Crippen LogP contribution is -2.41. The minimum Gasteiger partial charge on any atom is -0.389 e. The van der Waals surface area contributed by atoms with Crippen molar-refractivity contribution in [1.29, 1.82) is 0 Å². The van der Waals surface area contributed by atoms with Crippen molar-refractivity contribution in [2.24, 2.45) is 0 Å². The molecule has 0 spiro atoms. The van der Waals surface area contributed by atoms with Crippen molar-refractivity contribution in [1.82, 2.24) is 9.88 Å². The molecular formula is C17H26N2O3S. The Morgan fingerprint density at radius 1 is 1.48 bits per heavy atom. The van der Waals surface area contributed by atoms with Crippen LogP contribution in [0, 0.1) is 6.92 Å². The molecule has 6 heteroatoms. The number of thiazole rings is 1. The second kappa shape index (κ2) is 7.28. The van der Waals surface area contributed by atoms with Gasteiger partial charge in [-0.15, -0.1) is 11.3 Å². The molecule has 1 aromatic heterocycles. The molecule has 1 amide bonds. The quantitative estimate of drug-likeness (QED) is 0.866. The number of ether oxygens (including phenoxy) is 1. The van der Waals surface area contributed by atoms with Gasteiger partial charge >= 0.3 is 0 Å². The summed E-state index contributed by atoms with van der Waals surface area (Å²) in [5.41, 5.74) is 0.189. The van der Waals surface area contributed by atoms with E-state index < -0.39 is 5.60 Å². The van der Waals surface area contributed by atoms with E-state index in [1.165, 1.54) is 0 Å². The molecule has 1 aromatic rings. The zero-order chi connectivity index (χ0) is 16.3. The van der Waals surface area contributed by atoms with Crippen LogP contribution < -0.4 is 0 Å². The molecular weight excluding hydrogens is 312 g/mol. The smallest absolute Gasteiger partial charge is 0.225 e. The summed E-state index contributed by atoms with van der Waals surface area (Å²) in [5, 5.41) is 13.5. The predicted molar refractivity (Wildman–Crippen MR) is 89.3 cm³/mol. The van der Waals surface area contributed by atoms with Gasteiger partial charge in [0.15, 0.2) is 0 Å². The molecule has 128 valence electrons. The predicted octanol–water partition coefficient (Wildman–Crippen LogP) is 2.65. The highest BCUT2D eigenvalue weighted by atomic mass is 32.1. The van der Waals surface area contributed by atoms with E-state index in [9.17, 15) is 9.90 Å². The normalized spacial score (nSPS) is 23.3. The van der Waals surface area contributed by atoms with Gasteiger partial charge in [0.25, 0.3) is 0 Å². The lowest BCUT2D eigenvalue weighted by molar-refractivity contribution is -0.138. The van der Waals surface area contributed by atoms with E-state index in [0.29, 0.717) is 13.1 Å². The van der Waals surface area contributed by atoms with Crippen LogP contribution in [-0.2, 0) is 16.1 Å². The van der Waals surface area contributed by atoms with Crippen molar-refractivity contribution in [3.8, 4) is 0 Å². The number of aromatic nitrogens is 1. The summed E-state index contributed by atoms with van der Waals surface area (Å²) in [5.74, 6) is 0.0257. The zero-order valence-corrected chi connectivity index (χ0v) is 14.6. The van der Waals surface area contributed by atoms with Crippen LogP contribution in [0.2, 0.25) is 0 Å². The molecule has 0 aromatic carbocycles. The number of amides is 1. The van der Waals surface area contributed by atoms with Gasteiger partial charge in [0, 0.05) is 24.2 Å². The highest BCUT2D eigenvalue weighted by molar-refractivity contribution is 7.09. The molecule has 2 fully saturated rings. The van der Waals surface area contributed by atoms with Gasteiger partial charge in [-0.1, -0.05) is 12.8 Å². The van der Waals surface area contributed by atoms with E-state index in [-0.39, 0.29) is 18.4 Å². The van der Waals surface area contributed by atoms with Crippen molar-refractivity contribution in [2.75, 3.05) is 13.2 Å². The summed E-state index contributed by atoms with van der Waals surface area (Å²) >= 11 is 1.59. The van der Waals surface area contributed by atoms with Crippen molar-refractivity contribution < 1.29 is 14.6 Å². The molecule has 2 aliphatic rings. The Labute approximate surface area is 141 Å². The molecule has 0 bridgehead atoms. The number of nitrogens with zero attached hydrogens (tertiary/aromatic N) is 2. The van der Waals surface area contributed by atoms with Gasteiger partial charge in [-0.05, 0) is 32.6 Å². The Kier molecular flexibility index (Phi) is 5.34. The molecule has 1 aliphatic carbocycles. The third-order valence-corrected chi connectivity index (χ3v) is 5.76. The van der Waals surface area contributed by atoms with Crippen molar-refractivity contribution >= 4 is 17.2 Å². The van der Waals surface area contributed by atoms with E-state index in [1.54, 1.807) is 11.3 Å². The van der Waals surface area contributed by atoms with E-state index in [4.69, 9.17) is 4.74 Å². The van der Waals surface area contributed by atoms with Gasteiger partial charge in [-0.25, -0.2) is 4.98 Å². The van der Waals surface area contributed by atoms with Crippen molar-refractivity contribution in [2.45, 2.75) is 70.1 Å². The van der Waals surface area contributed by atoms with Gasteiger partial charge in [0.1, 0.15) is 5.01 Å². The lowest BCUT2D eigenvalue weighted by Gasteiger charge is -2.29. The summed E-state index contributed by atoms with van der Waals surface area (Å²) < 4.78 is 5.70. The Balaban J connectivity index is 1.66. The molecule has 2 heterocycles. The third kappa shape index (κ3) is 4.52. The molecule has 1 saturated heterocycles. The standard InChI is InChI=1S/C17H26N2O3S/c1-13-12-23-15(18-13)11-19(10-14-5-4-8-22-14)16(20)9-17(21)6-2-3-7-17/h12,14,21H,2-11H2,1H3. The number of hydrogen-bond acceptors (Lipinski definition) is 5. The van der Waals surface area contributed by atoms with Gasteiger partial charge in [0.2, 0.25) is 5.91 Å². The van der Waals surface area contributed by atoms with Gasteiger partial charge in [0.05, 0.1) is 24.7 Å². The van der Waals surface area contributed by atoms with Crippen molar-refractivity contribution in [3.05, 3.63) is 16.1 Å². The first-order valence-electron chi connectivity index (χ1n) is 8.57. The number of aliphatic hydroxyl groups is 1. The molecule has 1 saturated carbocycles. The SMILES string of the molecule is Cc1csc(CN(CC2CCCO2)C(=O)CC2(O)CCCC2)n1. The monoisotopic (exact) mass is 338 g/mol. The lowest BCUT2D eigenvalue weighted by atomic mass is 9.97. The number of carbonyl (C=O) groups is 1. The average molecular weight is 338 g/mol. The molecule has 1 unspecified atom stereocenters. The van der Waals surface area contributed by atoms with Crippen LogP contribution in [-0.4, -0.2) is 45.8 Å². The minimum atomic E-state index is -0.801. The molecule has 3 rings (SSSR count). The maximum atomic E-state index is 12.8. The number of aryl methyl sites for hydroxylation is 1. The molecule has 5 nitrogen and oxygen atoms in total. The van der Waals surface area contributed by atoms with Gasteiger partial charge < -0.3 is 14.7 Å². The van der Waals surface area contributed by atoms with Crippen LogP contribution in [0.25, 0.3) is 0 Å². The summed E-state index contributed by atoms with van der Waals surface area (Å²) in [6.45, 7) is 3.88. The second-order valence-electron chi connectivity index (χ2n) is 6.90. The summed E-state index contributed by atoms with van der Waals surface area (Å²) in [7, 11) is 0. The highest BCUT2D eigenvalue weighted by Crippen LogP contribution is 2.33. The topological polar surface area (TPSA) is 62.7 Å². The molecule has 1 N–H and O–H groups in total. The summed E-state index contributed by atoms with van der Waals surface area (Å²) in [4.78, 5) is 19.1. The van der Waals surface area contributed by atoms with Crippen LogP contribution in [0.1, 0.15) is 55.6 Å². The van der Waals surface area contributed by atoms with Crippen LogP contribution in [0.5, 0.6) is 0 Å². The fourth-order valence-electron chi connectivity index (χ4n) is 3.53. The Hall–Kier alpha value is -0.980. The summed E-state index contributed by atoms with van der Waals surface area (Å²) in [6.07, 6.45) is 5.93. The van der Waals surface area contributed by atoms with E-state index in [1.807, 2.05) is 17.2 Å². The maximum absolute atomic E-state index is 12.8. The largest absolute Gasteiger partial charge is 0.389 e. The third-order valence-electron chi connectivity index (χ3n) is 4.81. The molecule has 23 heavy (non-hydrogen) atoms. The Morgan fingerprint density at radius 2 is 2.26 bits per heavy atom. The Bertz CT molecular complexity index is 534. The minimum absolute atomic E-state index is 0.0257. The van der Waals surface area contributed by atoms with E-state index in [2.05, 4.69) is 4.98 Å². The first-order valence-corrected chi connectivity index (χ1v) is 9.45. The zero-order valence-electron chi connectivity index (χ0n) is 13.8. The van der Waals surface area contributed by atoms with Crippen LogP contribution >= 0.6 is 11.3 Å². The van der Waals surface area contributed by atoms with Crippen LogP contribution in [0.15, 0.2) is 5.38 Å².